The van der Waals surface area contributed by atoms with Crippen LogP contribution in [0, 0.1) is 0 Å². The average molecular weight is 313 g/mol. The Bertz CT molecular complexity index is 435. The molecule has 0 aliphatic rings. The number of benzene rings is 1. The summed E-state index contributed by atoms with van der Waals surface area (Å²) in [5.41, 5.74) is 0.639. The van der Waals surface area contributed by atoms with Gasteiger partial charge in [-0.15, -0.1) is 0 Å². The van der Waals surface area contributed by atoms with Gasteiger partial charge in [0.2, 0.25) is 5.91 Å². The highest BCUT2D eigenvalue weighted by Gasteiger charge is 2.13. The number of hydrogen-bond donors (Lipinski definition) is 1. The monoisotopic (exact) mass is 312 g/mol. The third-order valence-electron chi connectivity index (χ3n) is 2.38. The zero-order chi connectivity index (χ0) is 13.5. The van der Waals surface area contributed by atoms with Gasteiger partial charge in [0, 0.05) is 16.6 Å². The summed E-state index contributed by atoms with van der Waals surface area (Å²) in [6, 6.07) is 7.28. The number of rotatable bonds is 6. The predicted molar refractivity (Wildman–Crippen MR) is 74.7 cm³/mol. The van der Waals surface area contributed by atoms with Gasteiger partial charge in [-0.05, 0) is 20.0 Å². The fourth-order valence-corrected chi connectivity index (χ4v) is 2.08. The smallest absolute Gasteiger partial charge is 0.234 e. The van der Waals surface area contributed by atoms with Crippen LogP contribution in [0.4, 0.5) is 0 Å². The quantitative estimate of drug-likeness (QED) is 0.813. The van der Waals surface area contributed by atoms with Crippen molar-refractivity contribution in [2.75, 3.05) is 26.7 Å². The molecular formula is C13H17BrN2O2. The molecule has 1 rings (SSSR count). The molecule has 0 bridgehead atoms. The Labute approximate surface area is 115 Å². The Hall–Kier alpha value is -1.20. The second kappa shape index (κ2) is 7.28. The third kappa shape index (κ3) is 4.58. The third-order valence-corrected chi connectivity index (χ3v) is 3.07. The Kier molecular flexibility index (Phi) is 6.01. The van der Waals surface area contributed by atoms with Crippen LogP contribution in [-0.2, 0) is 4.79 Å². The molecule has 98 valence electrons. The number of amides is 1. The first-order valence-electron chi connectivity index (χ1n) is 5.77. The van der Waals surface area contributed by atoms with E-state index in [-0.39, 0.29) is 24.8 Å². The van der Waals surface area contributed by atoms with Crippen LogP contribution in [-0.4, -0.2) is 43.3 Å². The van der Waals surface area contributed by atoms with Crippen molar-refractivity contribution in [3.63, 3.8) is 0 Å². The number of ketones is 1. The zero-order valence-electron chi connectivity index (χ0n) is 10.6. The molecule has 0 fully saturated rings. The lowest BCUT2D eigenvalue weighted by Crippen LogP contribution is -2.37. The van der Waals surface area contributed by atoms with Crippen molar-refractivity contribution in [3.8, 4) is 0 Å². The lowest BCUT2D eigenvalue weighted by Gasteiger charge is -2.15. The summed E-state index contributed by atoms with van der Waals surface area (Å²) in [6.45, 7) is 2.92. The van der Waals surface area contributed by atoms with Crippen LogP contribution in [0.1, 0.15) is 17.3 Å². The van der Waals surface area contributed by atoms with Gasteiger partial charge >= 0.3 is 0 Å². The molecule has 0 atom stereocenters. The van der Waals surface area contributed by atoms with Crippen LogP contribution in [0.2, 0.25) is 0 Å². The van der Waals surface area contributed by atoms with E-state index in [1.54, 1.807) is 18.0 Å². The van der Waals surface area contributed by atoms with E-state index in [0.29, 0.717) is 12.1 Å². The number of carbonyl (C=O) groups excluding carboxylic acids is 2. The van der Waals surface area contributed by atoms with E-state index < -0.39 is 0 Å². The summed E-state index contributed by atoms with van der Waals surface area (Å²) >= 11 is 3.34. The first-order chi connectivity index (χ1) is 8.54. The van der Waals surface area contributed by atoms with Crippen molar-refractivity contribution in [1.29, 1.82) is 0 Å². The van der Waals surface area contributed by atoms with Gasteiger partial charge in [-0.3, -0.25) is 14.5 Å². The van der Waals surface area contributed by atoms with E-state index in [1.165, 1.54) is 0 Å². The maximum absolute atomic E-state index is 12.0. The second-order valence-electron chi connectivity index (χ2n) is 4.03. The Morgan fingerprint density at radius 2 is 1.94 bits per heavy atom. The molecule has 1 N–H and O–H groups in total. The normalized spacial score (nSPS) is 10.4. The average Bonchev–Trinajstić information content (AvgIpc) is 2.29. The summed E-state index contributed by atoms with van der Waals surface area (Å²) < 4.78 is 0.779. The van der Waals surface area contributed by atoms with Gasteiger partial charge in [-0.2, -0.15) is 0 Å². The predicted octanol–water partition coefficient (Wildman–Crippen LogP) is 1.70. The summed E-state index contributed by atoms with van der Waals surface area (Å²) in [5.74, 6) is -0.0748. The fraction of sp³-hybridized carbons (Fsp3) is 0.385. The molecule has 0 heterocycles. The van der Waals surface area contributed by atoms with Gasteiger partial charge in [-0.1, -0.05) is 34.1 Å². The maximum atomic E-state index is 12.0. The highest BCUT2D eigenvalue weighted by Crippen LogP contribution is 2.16. The SMILES string of the molecule is CCNC(=O)CN(C)CC(=O)c1ccccc1Br. The van der Waals surface area contributed by atoms with Gasteiger partial charge in [0.1, 0.15) is 0 Å². The van der Waals surface area contributed by atoms with E-state index in [2.05, 4.69) is 21.2 Å². The van der Waals surface area contributed by atoms with Crippen molar-refractivity contribution in [2.24, 2.45) is 0 Å². The minimum atomic E-state index is -0.0695. The second-order valence-corrected chi connectivity index (χ2v) is 4.88. The Balaban J connectivity index is 2.55. The van der Waals surface area contributed by atoms with Crippen LogP contribution in [0.3, 0.4) is 0 Å². The van der Waals surface area contributed by atoms with Crippen molar-refractivity contribution in [1.82, 2.24) is 10.2 Å². The van der Waals surface area contributed by atoms with Crippen molar-refractivity contribution >= 4 is 27.6 Å². The van der Waals surface area contributed by atoms with Crippen LogP contribution >= 0.6 is 15.9 Å². The standard InChI is InChI=1S/C13H17BrN2O2/c1-3-15-13(18)9-16(2)8-12(17)10-6-4-5-7-11(10)14/h4-7H,3,8-9H2,1-2H3,(H,15,18). The molecule has 1 aromatic carbocycles. The first-order valence-corrected chi connectivity index (χ1v) is 6.57. The number of carbonyl (C=O) groups is 2. The topological polar surface area (TPSA) is 49.4 Å². The number of halogens is 1. The van der Waals surface area contributed by atoms with Gasteiger partial charge in [0.25, 0.3) is 0 Å². The van der Waals surface area contributed by atoms with Crippen LogP contribution < -0.4 is 5.32 Å². The zero-order valence-corrected chi connectivity index (χ0v) is 12.2. The molecule has 1 aromatic rings. The maximum Gasteiger partial charge on any atom is 0.234 e. The number of hydrogen-bond acceptors (Lipinski definition) is 3. The lowest BCUT2D eigenvalue weighted by molar-refractivity contribution is -0.121. The molecule has 4 nitrogen and oxygen atoms in total. The number of nitrogens with zero attached hydrogens (tertiary/aromatic N) is 1. The molecule has 0 unspecified atom stereocenters. The van der Waals surface area contributed by atoms with Crippen molar-refractivity contribution < 1.29 is 9.59 Å². The molecule has 0 radical (unpaired) electrons. The molecule has 0 spiro atoms. The summed E-state index contributed by atoms with van der Waals surface area (Å²) in [6.07, 6.45) is 0. The van der Waals surface area contributed by atoms with Crippen molar-refractivity contribution in [3.05, 3.63) is 34.3 Å². The van der Waals surface area contributed by atoms with Crippen LogP contribution in [0.15, 0.2) is 28.7 Å². The fourth-order valence-electron chi connectivity index (χ4n) is 1.57. The minimum Gasteiger partial charge on any atom is -0.355 e. The van der Waals surface area contributed by atoms with Gasteiger partial charge < -0.3 is 5.32 Å². The van der Waals surface area contributed by atoms with Crippen molar-refractivity contribution in [2.45, 2.75) is 6.92 Å². The lowest BCUT2D eigenvalue weighted by atomic mass is 10.1. The van der Waals surface area contributed by atoms with Crippen LogP contribution in [0.25, 0.3) is 0 Å². The molecule has 0 aliphatic carbocycles. The molecule has 18 heavy (non-hydrogen) atoms. The van der Waals surface area contributed by atoms with Gasteiger partial charge in [-0.25, -0.2) is 0 Å². The molecule has 0 aliphatic heterocycles. The van der Waals surface area contributed by atoms with E-state index in [0.717, 1.165) is 4.47 Å². The molecule has 0 saturated heterocycles. The molecule has 5 heteroatoms. The Morgan fingerprint density at radius 3 is 2.56 bits per heavy atom. The number of nitrogens with one attached hydrogen (secondary N) is 1. The highest BCUT2D eigenvalue weighted by molar-refractivity contribution is 9.10. The Morgan fingerprint density at radius 1 is 1.28 bits per heavy atom. The van der Waals surface area contributed by atoms with E-state index in [9.17, 15) is 9.59 Å². The summed E-state index contributed by atoms with van der Waals surface area (Å²) in [5, 5.41) is 2.70. The molecule has 0 saturated carbocycles. The summed E-state index contributed by atoms with van der Waals surface area (Å²) in [7, 11) is 1.75. The number of likely N-dealkylation sites (N-methyl/N-ethyl adjacent to an activating group) is 2. The summed E-state index contributed by atoms with van der Waals surface area (Å²) in [4.78, 5) is 25.1. The number of Topliss-reactive ketones (excluding diaryl/α,β-unsaturated/α-hetero) is 1. The van der Waals surface area contributed by atoms with E-state index in [1.807, 2.05) is 25.1 Å². The highest BCUT2D eigenvalue weighted by atomic mass is 79.9. The van der Waals surface area contributed by atoms with Crippen LogP contribution in [0.5, 0.6) is 0 Å². The van der Waals surface area contributed by atoms with Gasteiger partial charge in [0.15, 0.2) is 5.78 Å². The van der Waals surface area contributed by atoms with E-state index in [4.69, 9.17) is 0 Å². The molecule has 0 aromatic heterocycles. The molecule has 1 amide bonds. The van der Waals surface area contributed by atoms with E-state index >= 15 is 0 Å². The first kappa shape index (κ1) is 14.9. The largest absolute Gasteiger partial charge is 0.355 e. The van der Waals surface area contributed by atoms with Gasteiger partial charge in [0.05, 0.1) is 13.1 Å². The molecular weight excluding hydrogens is 296 g/mol. The minimum absolute atomic E-state index is 0.00530.